The maximum Gasteiger partial charge on any atom is 0.293 e. The van der Waals surface area contributed by atoms with E-state index >= 15 is 0 Å². The molecule has 0 bridgehead atoms. The fourth-order valence-electron chi connectivity index (χ4n) is 2.17. The number of rotatable bonds is 3. The summed E-state index contributed by atoms with van der Waals surface area (Å²) in [5.74, 6) is 0.895. The quantitative estimate of drug-likeness (QED) is 0.711. The number of benzene rings is 1. The van der Waals surface area contributed by atoms with Crippen molar-refractivity contribution in [1.29, 1.82) is 0 Å². The molecule has 0 saturated heterocycles. The summed E-state index contributed by atoms with van der Waals surface area (Å²) in [4.78, 5) is 10.4. The molecule has 0 heterocycles. The first-order chi connectivity index (χ1) is 7.36. The van der Waals surface area contributed by atoms with Gasteiger partial charge in [0.2, 0.25) is 0 Å². The summed E-state index contributed by atoms with van der Waals surface area (Å²) in [6.07, 6.45) is 2.84. The molecule has 15 heavy (non-hydrogen) atoms. The van der Waals surface area contributed by atoms with Crippen LogP contribution in [0.4, 0.5) is 0 Å². The minimum atomic E-state index is -0.0960. The van der Waals surface area contributed by atoms with Crippen molar-refractivity contribution in [2.45, 2.75) is 25.4 Å². The predicted octanol–water partition coefficient (Wildman–Crippen LogP) is 2.25. The minimum Gasteiger partial charge on any atom is -0.496 e. The number of methoxy groups -OCH3 is 1. The molecule has 0 saturated carbocycles. The molecule has 0 fully saturated rings. The van der Waals surface area contributed by atoms with Crippen molar-refractivity contribution in [1.82, 2.24) is 0 Å². The van der Waals surface area contributed by atoms with Gasteiger partial charge >= 0.3 is 0 Å². The SMILES string of the molecule is COc1cccc2c1CCCC2OC=O. The lowest BCUT2D eigenvalue weighted by Gasteiger charge is -2.25. The third-order valence-electron chi connectivity index (χ3n) is 2.85. The number of hydrogen-bond acceptors (Lipinski definition) is 3. The Morgan fingerprint density at radius 1 is 1.47 bits per heavy atom. The van der Waals surface area contributed by atoms with Crippen LogP contribution in [-0.4, -0.2) is 13.6 Å². The van der Waals surface area contributed by atoms with E-state index < -0.39 is 0 Å². The monoisotopic (exact) mass is 206 g/mol. The maximum absolute atomic E-state index is 10.4. The zero-order chi connectivity index (χ0) is 10.7. The van der Waals surface area contributed by atoms with Crippen LogP contribution in [0.3, 0.4) is 0 Å². The summed E-state index contributed by atoms with van der Waals surface area (Å²) >= 11 is 0. The van der Waals surface area contributed by atoms with E-state index in [2.05, 4.69) is 0 Å². The first-order valence-corrected chi connectivity index (χ1v) is 5.11. The Bertz CT molecular complexity index is 360. The van der Waals surface area contributed by atoms with Crippen molar-refractivity contribution in [3.05, 3.63) is 29.3 Å². The Morgan fingerprint density at radius 3 is 3.07 bits per heavy atom. The van der Waals surface area contributed by atoms with Crippen LogP contribution < -0.4 is 4.74 Å². The van der Waals surface area contributed by atoms with E-state index in [0.717, 1.165) is 30.6 Å². The lowest BCUT2D eigenvalue weighted by molar-refractivity contribution is -0.134. The second kappa shape index (κ2) is 4.34. The molecule has 80 valence electrons. The average Bonchev–Trinajstić information content (AvgIpc) is 2.29. The highest BCUT2D eigenvalue weighted by molar-refractivity contribution is 5.45. The molecule has 1 aromatic carbocycles. The van der Waals surface area contributed by atoms with Gasteiger partial charge in [-0.05, 0) is 30.9 Å². The molecule has 3 heteroatoms. The Hall–Kier alpha value is -1.51. The van der Waals surface area contributed by atoms with Crippen LogP contribution in [0.25, 0.3) is 0 Å². The Balaban J connectivity index is 2.39. The average molecular weight is 206 g/mol. The van der Waals surface area contributed by atoms with Crippen molar-refractivity contribution in [2.75, 3.05) is 7.11 Å². The normalized spacial score (nSPS) is 19.1. The number of carbonyl (C=O) groups excluding carboxylic acids is 1. The van der Waals surface area contributed by atoms with Gasteiger partial charge in [-0.15, -0.1) is 0 Å². The number of hydrogen-bond donors (Lipinski definition) is 0. The van der Waals surface area contributed by atoms with Crippen LogP contribution >= 0.6 is 0 Å². The molecule has 0 N–H and O–H groups in total. The molecule has 3 nitrogen and oxygen atoms in total. The largest absolute Gasteiger partial charge is 0.496 e. The third kappa shape index (κ3) is 1.82. The van der Waals surface area contributed by atoms with E-state index in [0.29, 0.717) is 6.47 Å². The van der Waals surface area contributed by atoms with Crippen LogP contribution in [0.2, 0.25) is 0 Å². The molecule has 1 unspecified atom stereocenters. The summed E-state index contributed by atoms with van der Waals surface area (Å²) in [5.41, 5.74) is 2.27. The highest BCUT2D eigenvalue weighted by atomic mass is 16.5. The van der Waals surface area contributed by atoms with E-state index in [9.17, 15) is 4.79 Å². The molecule has 2 rings (SSSR count). The van der Waals surface area contributed by atoms with Crippen LogP contribution in [0.15, 0.2) is 18.2 Å². The van der Waals surface area contributed by atoms with Crippen molar-refractivity contribution < 1.29 is 14.3 Å². The van der Waals surface area contributed by atoms with Gasteiger partial charge < -0.3 is 9.47 Å². The van der Waals surface area contributed by atoms with Gasteiger partial charge in [-0.3, -0.25) is 4.79 Å². The van der Waals surface area contributed by atoms with Crippen LogP contribution in [0.5, 0.6) is 5.75 Å². The first kappa shape index (κ1) is 10.0. The lowest BCUT2D eigenvalue weighted by atomic mass is 9.89. The zero-order valence-electron chi connectivity index (χ0n) is 8.73. The Morgan fingerprint density at radius 2 is 2.33 bits per heavy atom. The van der Waals surface area contributed by atoms with Gasteiger partial charge in [-0.25, -0.2) is 0 Å². The molecule has 0 aliphatic heterocycles. The number of carbonyl (C=O) groups is 1. The summed E-state index contributed by atoms with van der Waals surface area (Å²) in [6.45, 7) is 0.527. The number of ether oxygens (including phenoxy) is 2. The molecule has 0 spiro atoms. The maximum atomic E-state index is 10.4. The highest BCUT2D eigenvalue weighted by Gasteiger charge is 2.23. The van der Waals surface area contributed by atoms with E-state index in [4.69, 9.17) is 9.47 Å². The van der Waals surface area contributed by atoms with Crippen molar-refractivity contribution in [3.8, 4) is 5.75 Å². The van der Waals surface area contributed by atoms with E-state index in [1.54, 1.807) is 7.11 Å². The molecule has 1 aliphatic carbocycles. The molecule has 0 aromatic heterocycles. The Kier molecular flexibility index (Phi) is 2.90. The first-order valence-electron chi connectivity index (χ1n) is 5.11. The van der Waals surface area contributed by atoms with Gasteiger partial charge in [0.05, 0.1) is 7.11 Å². The highest BCUT2D eigenvalue weighted by Crippen LogP contribution is 2.36. The van der Waals surface area contributed by atoms with Crippen LogP contribution in [0, 0.1) is 0 Å². The fourth-order valence-corrected chi connectivity index (χ4v) is 2.17. The molecular weight excluding hydrogens is 192 g/mol. The summed E-state index contributed by atoms with van der Waals surface area (Å²) in [7, 11) is 1.67. The lowest BCUT2D eigenvalue weighted by Crippen LogP contribution is -2.13. The van der Waals surface area contributed by atoms with Crippen molar-refractivity contribution in [3.63, 3.8) is 0 Å². The second-order valence-electron chi connectivity index (χ2n) is 3.64. The molecule has 0 amide bonds. The van der Waals surface area contributed by atoms with Crippen LogP contribution in [0.1, 0.15) is 30.1 Å². The standard InChI is InChI=1S/C12H14O3/c1-14-11-6-2-5-10-9(11)4-3-7-12(10)15-8-13/h2,5-6,8,12H,3-4,7H2,1H3. The van der Waals surface area contributed by atoms with E-state index in [-0.39, 0.29) is 6.10 Å². The van der Waals surface area contributed by atoms with E-state index in [1.807, 2.05) is 18.2 Å². The molecule has 1 aliphatic rings. The summed E-state index contributed by atoms with van der Waals surface area (Å²) in [5, 5.41) is 0. The van der Waals surface area contributed by atoms with Gasteiger partial charge in [0.1, 0.15) is 11.9 Å². The Labute approximate surface area is 89.0 Å². The topological polar surface area (TPSA) is 35.5 Å². The van der Waals surface area contributed by atoms with Crippen molar-refractivity contribution in [2.24, 2.45) is 0 Å². The van der Waals surface area contributed by atoms with Gasteiger partial charge in [-0.1, -0.05) is 12.1 Å². The smallest absolute Gasteiger partial charge is 0.293 e. The zero-order valence-corrected chi connectivity index (χ0v) is 8.73. The van der Waals surface area contributed by atoms with E-state index in [1.165, 1.54) is 5.56 Å². The molecule has 1 aromatic rings. The van der Waals surface area contributed by atoms with Gasteiger partial charge in [0.25, 0.3) is 6.47 Å². The molecular formula is C12H14O3. The number of fused-ring (bicyclic) bond motifs is 1. The minimum absolute atomic E-state index is 0.0960. The third-order valence-corrected chi connectivity index (χ3v) is 2.85. The molecule has 1 atom stereocenters. The van der Waals surface area contributed by atoms with Crippen molar-refractivity contribution >= 4 is 6.47 Å². The fraction of sp³-hybridized carbons (Fsp3) is 0.417. The second-order valence-corrected chi connectivity index (χ2v) is 3.64. The van der Waals surface area contributed by atoms with Gasteiger partial charge in [0, 0.05) is 5.56 Å². The van der Waals surface area contributed by atoms with Crippen LogP contribution in [-0.2, 0) is 16.0 Å². The van der Waals surface area contributed by atoms with Gasteiger partial charge in [-0.2, -0.15) is 0 Å². The molecule has 0 radical (unpaired) electrons. The summed E-state index contributed by atoms with van der Waals surface area (Å²) in [6, 6.07) is 5.89. The predicted molar refractivity (Wildman–Crippen MR) is 55.8 cm³/mol. The van der Waals surface area contributed by atoms with Gasteiger partial charge in [0.15, 0.2) is 0 Å². The summed E-state index contributed by atoms with van der Waals surface area (Å²) < 4.78 is 10.4.